The minimum Gasteiger partial charge on any atom is -0.352 e. The van der Waals surface area contributed by atoms with Gasteiger partial charge in [-0.25, -0.2) is 4.98 Å². The molecule has 0 unspecified atom stereocenters. The average molecular weight is 427 g/mol. The van der Waals surface area contributed by atoms with E-state index < -0.39 is 0 Å². The number of piperazine rings is 1. The molecule has 1 atom stereocenters. The number of rotatable bonds is 4. The van der Waals surface area contributed by atoms with Crippen molar-refractivity contribution in [3.05, 3.63) is 45.5 Å². The SMILES string of the molecule is CC(=O)N1CCN(c2nc3c(s2)C[C@@H](C(=O)NCc2ccc(C)c(C)c2)CC3)CC1. The van der Waals surface area contributed by atoms with Crippen LogP contribution in [-0.2, 0) is 29.0 Å². The Hall–Kier alpha value is -2.41. The van der Waals surface area contributed by atoms with Crippen LogP contribution in [0.5, 0.6) is 0 Å². The van der Waals surface area contributed by atoms with Gasteiger partial charge in [-0.05, 0) is 49.8 Å². The minimum atomic E-state index is 0.0203. The summed E-state index contributed by atoms with van der Waals surface area (Å²) in [4.78, 5) is 34.6. The Kier molecular flexibility index (Phi) is 6.09. The van der Waals surface area contributed by atoms with Gasteiger partial charge in [-0.3, -0.25) is 9.59 Å². The fourth-order valence-corrected chi connectivity index (χ4v) is 5.42. The van der Waals surface area contributed by atoms with Gasteiger partial charge in [-0.15, -0.1) is 11.3 Å². The molecule has 7 heteroatoms. The molecule has 0 spiro atoms. The van der Waals surface area contributed by atoms with E-state index >= 15 is 0 Å². The molecule has 2 aliphatic rings. The quantitative estimate of drug-likeness (QED) is 0.817. The van der Waals surface area contributed by atoms with E-state index in [-0.39, 0.29) is 17.7 Å². The molecule has 1 N–H and O–H groups in total. The molecular formula is C23H30N4O2S. The molecule has 4 rings (SSSR count). The second-order valence-electron chi connectivity index (χ2n) is 8.44. The van der Waals surface area contributed by atoms with Crippen molar-refractivity contribution >= 4 is 28.3 Å². The molecule has 0 saturated carbocycles. The van der Waals surface area contributed by atoms with Gasteiger partial charge in [-0.1, -0.05) is 18.2 Å². The number of aromatic nitrogens is 1. The number of carbonyl (C=O) groups excluding carboxylic acids is 2. The number of benzene rings is 1. The van der Waals surface area contributed by atoms with E-state index in [0.29, 0.717) is 6.54 Å². The van der Waals surface area contributed by atoms with E-state index in [2.05, 4.69) is 42.3 Å². The summed E-state index contributed by atoms with van der Waals surface area (Å²) in [6.07, 6.45) is 2.49. The first-order valence-corrected chi connectivity index (χ1v) is 11.5. The number of nitrogens with one attached hydrogen (secondary N) is 1. The minimum absolute atomic E-state index is 0.0203. The number of aryl methyl sites for hydroxylation is 3. The Labute approximate surface area is 182 Å². The standard InChI is InChI=1S/C23H30N4O2S/c1-15-4-5-18(12-16(15)2)14-24-22(29)19-6-7-20-21(13-19)30-23(25-20)27-10-8-26(9-11-27)17(3)28/h4-5,12,19H,6-11,13-14H2,1-3H3,(H,24,29)/t19-/m0/s1. The molecule has 1 aliphatic heterocycles. The van der Waals surface area contributed by atoms with Gasteiger partial charge < -0.3 is 15.1 Å². The summed E-state index contributed by atoms with van der Waals surface area (Å²) in [7, 11) is 0. The molecule has 1 aliphatic carbocycles. The fourth-order valence-electron chi connectivity index (χ4n) is 4.18. The molecule has 2 amide bonds. The van der Waals surface area contributed by atoms with Crippen LogP contribution in [-0.4, -0.2) is 47.9 Å². The molecule has 30 heavy (non-hydrogen) atoms. The zero-order chi connectivity index (χ0) is 21.3. The largest absolute Gasteiger partial charge is 0.352 e. The lowest BCUT2D eigenvalue weighted by Crippen LogP contribution is -2.48. The summed E-state index contributed by atoms with van der Waals surface area (Å²) < 4.78 is 0. The van der Waals surface area contributed by atoms with Gasteiger partial charge in [0.25, 0.3) is 0 Å². The number of nitrogens with zero attached hydrogens (tertiary/aromatic N) is 3. The normalized spacial score (nSPS) is 18.8. The van der Waals surface area contributed by atoms with Crippen molar-refractivity contribution in [1.29, 1.82) is 0 Å². The van der Waals surface area contributed by atoms with Crippen molar-refractivity contribution in [2.24, 2.45) is 5.92 Å². The third-order valence-electron chi connectivity index (χ3n) is 6.33. The molecule has 160 valence electrons. The lowest BCUT2D eigenvalue weighted by atomic mass is 9.90. The van der Waals surface area contributed by atoms with Gasteiger partial charge in [0.15, 0.2) is 5.13 Å². The van der Waals surface area contributed by atoms with Crippen LogP contribution in [0.3, 0.4) is 0 Å². The third kappa shape index (κ3) is 4.51. The number of hydrogen-bond donors (Lipinski definition) is 1. The van der Waals surface area contributed by atoms with Crippen LogP contribution in [0.2, 0.25) is 0 Å². The lowest BCUT2D eigenvalue weighted by molar-refractivity contribution is -0.129. The highest BCUT2D eigenvalue weighted by Gasteiger charge is 2.29. The second kappa shape index (κ2) is 8.76. The van der Waals surface area contributed by atoms with Crippen LogP contribution in [0.1, 0.15) is 40.6 Å². The fraction of sp³-hybridized carbons (Fsp3) is 0.522. The molecule has 1 aromatic heterocycles. The van der Waals surface area contributed by atoms with Crippen molar-refractivity contribution in [3.8, 4) is 0 Å². The summed E-state index contributed by atoms with van der Waals surface area (Å²) >= 11 is 1.72. The number of amides is 2. The van der Waals surface area contributed by atoms with E-state index in [0.717, 1.165) is 61.8 Å². The molecule has 1 fully saturated rings. The number of carbonyl (C=O) groups is 2. The van der Waals surface area contributed by atoms with Gasteiger partial charge in [0, 0.05) is 50.4 Å². The summed E-state index contributed by atoms with van der Waals surface area (Å²) in [5.74, 6) is 0.304. The lowest BCUT2D eigenvalue weighted by Gasteiger charge is -2.33. The number of fused-ring (bicyclic) bond motifs is 1. The van der Waals surface area contributed by atoms with Crippen LogP contribution < -0.4 is 10.2 Å². The molecule has 2 aromatic rings. The summed E-state index contributed by atoms with van der Waals surface area (Å²) in [6.45, 7) is 9.57. The van der Waals surface area contributed by atoms with Gasteiger partial charge in [-0.2, -0.15) is 0 Å². The number of anilines is 1. The van der Waals surface area contributed by atoms with Crippen LogP contribution in [0.15, 0.2) is 18.2 Å². The highest BCUT2D eigenvalue weighted by Crippen LogP contribution is 2.34. The molecular weight excluding hydrogens is 396 g/mol. The molecule has 2 heterocycles. The Morgan fingerprint density at radius 2 is 1.93 bits per heavy atom. The number of thiazole rings is 1. The average Bonchev–Trinajstić information content (AvgIpc) is 3.17. The van der Waals surface area contributed by atoms with Gasteiger partial charge in [0.05, 0.1) is 5.69 Å². The third-order valence-corrected chi connectivity index (χ3v) is 7.51. The highest BCUT2D eigenvalue weighted by molar-refractivity contribution is 7.15. The van der Waals surface area contributed by atoms with Crippen LogP contribution in [0.4, 0.5) is 5.13 Å². The van der Waals surface area contributed by atoms with E-state index in [1.165, 1.54) is 16.0 Å². The Morgan fingerprint density at radius 3 is 2.63 bits per heavy atom. The molecule has 0 bridgehead atoms. The summed E-state index contributed by atoms with van der Waals surface area (Å²) in [6, 6.07) is 6.34. The topological polar surface area (TPSA) is 65.5 Å². The van der Waals surface area contributed by atoms with Crippen LogP contribution in [0.25, 0.3) is 0 Å². The highest BCUT2D eigenvalue weighted by atomic mass is 32.1. The van der Waals surface area contributed by atoms with Crippen molar-refractivity contribution in [2.45, 2.75) is 46.6 Å². The maximum atomic E-state index is 12.8. The van der Waals surface area contributed by atoms with Crippen LogP contribution >= 0.6 is 11.3 Å². The summed E-state index contributed by atoms with van der Waals surface area (Å²) in [5.41, 5.74) is 4.83. The van der Waals surface area contributed by atoms with Crippen molar-refractivity contribution in [1.82, 2.24) is 15.2 Å². The second-order valence-corrected chi connectivity index (χ2v) is 9.50. The molecule has 1 saturated heterocycles. The molecule has 1 aromatic carbocycles. The Balaban J connectivity index is 1.34. The van der Waals surface area contributed by atoms with E-state index in [1.54, 1.807) is 18.3 Å². The zero-order valence-electron chi connectivity index (χ0n) is 18.0. The van der Waals surface area contributed by atoms with E-state index in [9.17, 15) is 9.59 Å². The Bertz CT molecular complexity index is 947. The van der Waals surface area contributed by atoms with Crippen molar-refractivity contribution in [3.63, 3.8) is 0 Å². The van der Waals surface area contributed by atoms with E-state index in [1.807, 2.05) is 4.90 Å². The van der Waals surface area contributed by atoms with Gasteiger partial charge in [0.2, 0.25) is 11.8 Å². The van der Waals surface area contributed by atoms with Crippen molar-refractivity contribution in [2.75, 3.05) is 31.1 Å². The number of hydrogen-bond acceptors (Lipinski definition) is 5. The first kappa shape index (κ1) is 20.8. The maximum Gasteiger partial charge on any atom is 0.223 e. The van der Waals surface area contributed by atoms with E-state index in [4.69, 9.17) is 4.98 Å². The van der Waals surface area contributed by atoms with Gasteiger partial charge in [0.1, 0.15) is 0 Å². The molecule has 0 radical (unpaired) electrons. The Morgan fingerprint density at radius 1 is 1.17 bits per heavy atom. The smallest absolute Gasteiger partial charge is 0.223 e. The van der Waals surface area contributed by atoms with Crippen molar-refractivity contribution < 1.29 is 9.59 Å². The maximum absolute atomic E-state index is 12.8. The predicted octanol–water partition coefficient (Wildman–Crippen LogP) is 2.85. The zero-order valence-corrected chi connectivity index (χ0v) is 18.8. The summed E-state index contributed by atoms with van der Waals surface area (Å²) in [5, 5.41) is 4.17. The first-order chi connectivity index (χ1) is 14.4. The van der Waals surface area contributed by atoms with Gasteiger partial charge >= 0.3 is 0 Å². The molecule has 6 nitrogen and oxygen atoms in total. The van der Waals surface area contributed by atoms with Crippen LogP contribution in [0, 0.1) is 19.8 Å². The first-order valence-electron chi connectivity index (χ1n) is 10.7. The predicted molar refractivity (Wildman–Crippen MR) is 120 cm³/mol. The monoisotopic (exact) mass is 426 g/mol.